The van der Waals surface area contributed by atoms with Gasteiger partial charge in [0.2, 0.25) is 0 Å². The van der Waals surface area contributed by atoms with Gasteiger partial charge >= 0.3 is 0 Å². The van der Waals surface area contributed by atoms with Crippen LogP contribution in [0.15, 0.2) is 29.3 Å². The van der Waals surface area contributed by atoms with Crippen molar-refractivity contribution in [1.82, 2.24) is 5.32 Å². The maximum atomic E-state index is 11.7. The topological polar surface area (TPSA) is 29.1 Å². The van der Waals surface area contributed by atoms with E-state index >= 15 is 0 Å². The fraction of sp³-hybridized carbons (Fsp3) is 0.182. The van der Waals surface area contributed by atoms with Crippen LogP contribution in [-0.2, 0) is 0 Å². The zero-order chi connectivity index (χ0) is 11.4. The van der Waals surface area contributed by atoms with E-state index in [1.54, 1.807) is 12.1 Å². The van der Waals surface area contributed by atoms with Gasteiger partial charge in [-0.3, -0.25) is 4.79 Å². The molecule has 1 rings (SSSR count). The first-order chi connectivity index (χ1) is 7.02. The lowest BCUT2D eigenvalue weighted by molar-refractivity contribution is 0.0958. The van der Waals surface area contributed by atoms with Crippen LogP contribution in [0, 0.1) is 6.92 Å². The molecule has 0 spiro atoms. The molecule has 0 aliphatic rings. The number of nitrogens with one attached hydrogen (secondary N) is 1. The van der Waals surface area contributed by atoms with Gasteiger partial charge in [0.25, 0.3) is 5.91 Å². The first-order valence-corrected chi connectivity index (χ1v) is 5.56. The molecular formula is C11H11BrClNO. The van der Waals surface area contributed by atoms with E-state index in [1.807, 2.05) is 13.0 Å². The zero-order valence-corrected chi connectivity index (χ0v) is 10.7. The molecule has 0 aliphatic carbocycles. The van der Waals surface area contributed by atoms with Crippen LogP contribution in [0.25, 0.3) is 0 Å². The molecule has 0 aromatic heterocycles. The van der Waals surface area contributed by atoms with Crippen molar-refractivity contribution in [2.45, 2.75) is 6.92 Å². The summed E-state index contributed by atoms with van der Waals surface area (Å²) in [6, 6.07) is 5.36. The van der Waals surface area contributed by atoms with Gasteiger partial charge in [0.05, 0.1) is 10.6 Å². The minimum atomic E-state index is -0.190. The number of aryl methyl sites for hydroxylation is 1. The summed E-state index contributed by atoms with van der Waals surface area (Å²) in [6.45, 7) is 5.89. The van der Waals surface area contributed by atoms with Crippen molar-refractivity contribution in [3.8, 4) is 0 Å². The van der Waals surface area contributed by atoms with Gasteiger partial charge in [-0.05, 0) is 18.6 Å². The summed E-state index contributed by atoms with van der Waals surface area (Å²) in [5.74, 6) is -0.190. The number of halogens is 2. The SMILES string of the molecule is C=C(Br)CNC(=O)c1cccc(C)c1Cl. The molecule has 15 heavy (non-hydrogen) atoms. The molecule has 1 aromatic rings. The molecule has 4 heteroatoms. The Balaban J connectivity index is 2.82. The third-order valence-corrected chi connectivity index (χ3v) is 2.66. The van der Waals surface area contributed by atoms with Gasteiger partial charge in [0.15, 0.2) is 0 Å². The van der Waals surface area contributed by atoms with Crippen molar-refractivity contribution in [2.75, 3.05) is 6.54 Å². The Morgan fingerprint density at radius 2 is 2.27 bits per heavy atom. The summed E-state index contributed by atoms with van der Waals surface area (Å²) < 4.78 is 0.722. The molecule has 80 valence electrons. The normalized spacial score (nSPS) is 9.80. The molecule has 0 saturated carbocycles. The predicted octanol–water partition coefficient (Wildman–Crippen LogP) is 3.29. The lowest BCUT2D eigenvalue weighted by Gasteiger charge is -2.07. The zero-order valence-electron chi connectivity index (χ0n) is 8.31. The van der Waals surface area contributed by atoms with Crippen molar-refractivity contribution in [3.05, 3.63) is 45.4 Å². The average Bonchev–Trinajstić information content (AvgIpc) is 2.18. The molecule has 0 radical (unpaired) electrons. The van der Waals surface area contributed by atoms with Crippen LogP contribution in [0.5, 0.6) is 0 Å². The van der Waals surface area contributed by atoms with Crippen molar-refractivity contribution in [2.24, 2.45) is 0 Å². The van der Waals surface area contributed by atoms with Crippen LogP contribution >= 0.6 is 27.5 Å². The van der Waals surface area contributed by atoms with E-state index in [-0.39, 0.29) is 5.91 Å². The lowest BCUT2D eigenvalue weighted by Crippen LogP contribution is -2.24. The highest BCUT2D eigenvalue weighted by Gasteiger charge is 2.10. The van der Waals surface area contributed by atoms with Gasteiger partial charge < -0.3 is 5.32 Å². The first-order valence-electron chi connectivity index (χ1n) is 4.39. The summed E-state index contributed by atoms with van der Waals surface area (Å²) in [5, 5.41) is 3.19. The molecule has 0 fully saturated rings. The molecule has 0 saturated heterocycles. The number of amides is 1. The second kappa shape index (κ2) is 5.33. The van der Waals surface area contributed by atoms with Gasteiger partial charge in [0, 0.05) is 11.0 Å². The third kappa shape index (κ3) is 3.36. The Labute approximate surface area is 102 Å². The minimum absolute atomic E-state index is 0.190. The van der Waals surface area contributed by atoms with Crippen molar-refractivity contribution < 1.29 is 4.79 Å². The van der Waals surface area contributed by atoms with Crippen molar-refractivity contribution >= 4 is 33.4 Å². The highest BCUT2D eigenvalue weighted by atomic mass is 79.9. The monoisotopic (exact) mass is 287 g/mol. The minimum Gasteiger partial charge on any atom is -0.347 e. The smallest absolute Gasteiger partial charge is 0.253 e. The van der Waals surface area contributed by atoms with E-state index in [2.05, 4.69) is 27.8 Å². The summed E-state index contributed by atoms with van der Waals surface area (Å²) in [5.41, 5.74) is 1.38. The standard InChI is InChI=1S/C11H11BrClNO/c1-7-4-3-5-9(10(7)13)11(15)14-6-8(2)12/h3-5H,2,6H2,1H3,(H,14,15). The average molecular weight is 289 g/mol. The van der Waals surface area contributed by atoms with Crippen LogP contribution < -0.4 is 5.32 Å². The number of benzene rings is 1. The van der Waals surface area contributed by atoms with E-state index in [1.165, 1.54) is 0 Å². The summed E-state index contributed by atoms with van der Waals surface area (Å²) in [4.78, 5) is 11.7. The Morgan fingerprint density at radius 1 is 1.60 bits per heavy atom. The van der Waals surface area contributed by atoms with Crippen LogP contribution in [0.2, 0.25) is 5.02 Å². The molecule has 0 atom stereocenters. The molecule has 0 aliphatic heterocycles. The number of hydrogen-bond acceptors (Lipinski definition) is 1. The molecule has 0 heterocycles. The lowest BCUT2D eigenvalue weighted by atomic mass is 10.1. The van der Waals surface area contributed by atoms with E-state index < -0.39 is 0 Å². The summed E-state index contributed by atoms with van der Waals surface area (Å²) >= 11 is 9.17. The third-order valence-electron chi connectivity index (χ3n) is 1.88. The Hall–Kier alpha value is -0.800. The fourth-order valence-electron chi connectivity index (χ4n) is 1.09. The van der Waals surface area contributed by atoms with E-state index in [4.69, 9.17) is 11.6 Å². The molecular weight excluding hydrogens is 277 g/mol. The number of rotatable bonds is 3. The van der Waals surface area contributed by atoms with Gasteiger partial charge in [-0.15, -0.1) is 0 Å². The van der Waals surface area contributed by atoms with Crippen molar-refractivity contribution in [3.63, 3.8) is 0 Å². The van der Waals surface area contributed by atoms with Gasteiger partial charge in [-0.2, -0.15) is 0 Å². The Bertz CT molecular complexity index is 404. The van der Waals surface area contributed by atoms with Gasteiger partial charge in [-0.25, -0.2) is 0 Å². The van der Waals surface area contributed by atoms with E-state index in [9.17, 15) is 4.79 Å². The van der Waals surface area contributed by atoms with Gasteiger partial charge in [0.1, 0.15) is 0 Å². The summed E-state index contributed by atoms with van der Waals surface area (Å²) in [6.07, 6.45) is 0. The van der Waals surface area contributed by atoms with E-state index in [0.717, 1.165) is 10.0 Å². The second-order valence-corrected chi connectivity index (χ2v) is 4.64. The van der Waals surface area contributed by atoms with Crippen LogP contribution in [0.1, 0.15) is 15.9 Å². The largest absolute Gasteiger partial charge is 0.347 e. The highest BCUT2D eigenvalue weighted by molar-refractivity contribution is 9.11. The summed E-state index contributed by atoms with van der Waals surface area (Å²) in [7, 11) is 0. The van der Waals surface area contributed by atoms with Gasteiger partial charge in [-0.1, -0.05) is 46.2 Å². The predicted molar refractivity (Wildman–Crippen MR) is 66.6 cm³/mol. The molecule has 2 nitrogen and oxygen atoms in total. The molecule has 1 amide bonds. The Morgan fingerprint density at radius 3 is 2.87 bits per heavy atom. The second-order valence-electron chi connectivity index (χ2n) is 3.14. The number of carbonyl (C=O) groups is 1. The van der Waals surface area contributed by atoms with Crippen LogP contribution in [0.4, 0.5) is 0 Å². The van der Waals surface area contributed by atoms with Crippen LogP contribution in [0.3, 0.4) is 0 Å². The first kappa shape index (κ1) is 12.3. The number of hydrogen-bond donors (Lipinski definition) is 1. The molecule has 0 unspecified atom stereocenters. The Kier molecular flexibility index (Phi) is 4.36. The maximum absolute atomic E-state index is 11.7. The van der Waals surface area contributed by atoms with Crippen molar-refractivity contribution in [1.29, 1.82) is 0 Å². The maximum Gasteiger partial charge on any atom is 0.253 e. The fourth-order valence-corrected chi connectivity index (χ4v) is 1.45. The number of carbonyl (C=O) groups excluding carboxylic acids is 1. The van der Waals surface area contributed by atoms with E-state index in [0.29, 0.717) is 17.1 Å². The van der Waals surface area contributed by atoms with Crippen LogP contribution in [-0.4, -0.2) is 12.5 Å². The molecule has 1 aromatic carbocycles. The molecule has 1 N–H and O–H groups in total. The molecule has 0 bridgehead atoms. The quantitative estimate of drug-likeness (QED) is 0.908. The highest BCUT2D eigenvalue weighted by Crippen LogP contribution is 2.20.